The highest BCUT2D eigenvalue weighted by Crippen LogP contribution is 2.37. The molecular formula is C16H25ClN2O4S. The average molecular weight is 377 g/mol. The van der Waals surface area contributed by atoms with E-state index in [0.717, 1.165) is 32.4 Å². The second-order valence-electron chi connectivity index (χ2n) is 5.73. The van der Waals surface area contributed by atoms with Crippen molar-refractivity contribution in [2.24, 2.45) is 0 Å². The number of methoxy groups -OCH3 is 2. The summed E-state index contributed by atoms with van der Waals surface area (Å²) in [6.07, 6.45) is 2.34. The lowest BCUT2D eigenvalue weighted by Crippen LogP contribution is -2.46. The summed E-state index contributed by atoms with van der Waals surface area (Å²) in [4.78, 5) is 0.0637. The Balaban J connectivity index is 2.46. The zero-order valence-electron chi connectivity index (χ0n) is 14.3. The van der Waals surface area contributed by atoms with Gasteiger partial charge in [-0.15, -0.1) is 0 Å². The molecule has 1 aromatic carbocycles. The number of sulfonamides is 1. The van der Waals surface area contributed by atoms with E-state index in [4.69, 9.17) is 21.1 Å². The fourth-order valence-electron chi connectivity index (χ4n) is 2.97. The number of hydrogen-bond acceptors (Lipinski definition) is 5. The molecule has 1 heterocycles. The third-order valence-corrected chi connectivity index (χ3v) is 6.60. The molecule has 0 bridgehead atoms. The SMILES string of the molecule is CCCN(C1CCNCC1)S(=O)(=O)c1cc(OC)c(OC)cc1Cl. The van der Waals surface area contributed by atoms with E-state index in [0.29, 0.717) is 18.0 Å². The van der Waals surface area contributed by atoms with E-state index in [1.807, 2.05) is 6.92 Å². The van der Waals surface area contributed by atoms with Crippen molar-refractivity contribution in [1.29, 1.82) is 0 Å². The first-order chi connectivity index (χ1) is 11.5. The summed E-state index contributed by atoms with van der Waals surface area (Å²) < 4.78 is 38.5. The van der Waals surface area contributed by atoms with Gasteiger partial charge in [0.2, 0.25) is 10.0 Å². The van der Waals surface area contributed by atoms with E-state index in [1.165, 1.54) is 26.4 Å². The molecule has 136 valence electrons. The van der Waals surface area contributed by atoms with Crippen LogP contribution in [0.15, 0.2) is 17.0 Å². The second-order valence-corrected chi connectivity index (χ2v) is 8.00. The summed E-state index contributed by atoms with van der Waals surface area (Å²) in [5.41, 5.74) is 0. The molecule has 0 atom stereocenters. The average Bonchev–Trinajstić information content (AvgIpc) is 2.59. The van der Waals surface area contributed by atoms with Crippen LogP contribution in [0.5, 0.6) is 11.5 Å². The van der Waals surface area contributed by atoms with Gasteiger partial charge in [-0.3, -0.25) is 0 Å². The number of halogens is 1. The van der Waals surface area contributed by atoms with E-state index in [-0.39, 0.29) is 16.0 Å². The third-order valence-electron chi connectivity index (χ3n) is 4.18. The molecule has 1 aliphatic rings. The van der Waals surface area contributed by atoms with Gasteiger partial charge in [0.15, 0.2) is 11.5 Å². The number of piperidine rings is 1. The highest BCUT2D eigenvalue weighted by atomic mass is 35.5. The first-order valence-electron chi connectivity index (χ1n) is 8.09. The van der Waals surface area contributed by atoms with Gasteiger partial charge >= 0.3 is 0 Å². The second kappa shape index (κ2) is 8.38. The Morgan fingerprint density at radius 3 is 2.33 bits per heavy atom. The molecule has 0 unspecified atom stereocenters. The molecule has 0 radical (unpaired) electrons. The molecule has 6 nitrogen and oxygen atoms in total. The Morgan fingerprint density at radius 1 is 1.21 bits per heavy atom. The van der Waals surface area contributed by atoms with Crippen molar-refractivity contribution in [3.63, 3.8) is 0 Å². The zero-order valence-corrected chi connectivity index (χ0v) is 15.9. The maximum Gasteiger partial charge on any atom is 0.244 e. The molecule has 1 aromatic rings. The van der Waals surface area contributed by atoms with Crippen molar-refractivity contribution in [1.82, 2.24) is 9.62 Å². The summed E-state index contributed by atoms with van der Waals surface area (Å²) in [5, 5.41) is 3.40. The third kappa shape index (κ3) is 3.96. The Morgan fingerprint density at radius 2 is 1.79 bits per heavy atom. The minimum Gasteiger partial charge on any atom is -0.493 e. The van der Waals surface area contributed by atoms with E-state index in [1.54, 1.807) is 4.31 Å². The first-order valence-corrected chi connectivity index (χ1v) is 9.91. The minimum absolute atomic E-state index is 0.0136. The van der Waals surface area contributed by atoms with Crippen LogP contribution < -0.4 is 14.8 Å². The summed E-state index contributed by atoms with van der Waals surface area (Å²) in [6.45, 7) is 4.08. The maximum atomic E-state index is 13.2. The van der Waals surface area contributed by atoms with Crippen LogP contribution in [0.25, 0.3) is 0 Å². The molecule has 1 saturated heterocycles. The van der Waals surface area contributed by atoms with Crippen LogP contribution >= 0.6 is 11.6 Å². The smallest absolute Gasteiger partial charge is 0.244 e. The van der Waals surface area contributed by atoms with Crippen molar-refractivity contribution >= 4 is 21.6 Å². The van der Waals surface area contributed by atoms with Gasteiger partial charge in [0, 0.05) is 24.7 Å². The minimum atomic E-state index is -3.71. The van der Waals surface area contributed by atoms with Gasteiger partial charge in [0.25, 0.3) is 0 Å². The highest BCUT2D eigenvalue weighted by molar-refractivity contribution is 7.89. The monoisotopic (exact) mass is 376 g/mol. The molecule has 2 rings (SSSR count). The van der Waals surface area contributed by atoms with Gasteiger partial charge in [-0.2, -0.15) is 4.31 Å². The molecule has 8 heteroatoms. The number of rotatable bonds is 7. The van der Waals surface area contributed by atoms with Gasteiger partial charge in [-0.05, 0) is 32.4 Å². The molecule has 1 aliphatic heterocycles. The predicted octanol–water partition coefficient (Wildman–Crippen LogP) is 2.51. The van der Waals surface area contributed by atoms with E-state index >= 15 is 0 Å². The Bertz CT molecular complexity index is 660. The molecule has 0 aliphatic carbocycles. The van der Waals surface area contributed by atoms with Gasteiger partial charge < -0.3 is 14.8 Å². The number of nitrogens with one attached hydrogen (secondary N) is 1. The number of nitrogens with zero attached hydrogens (tertiary/aromatic N) is 1. The van der Waals surface area contributed by atoms with Crippen molar-refractivity contribution < 1.29 is 17.9 Å². The van der Waals surface area contributed by atoms with Gasteiger partial charge in [-0.25, -0.2) is 8.42 Å². The van der Waals surface area contributed by atoms with Crippen LogP contribution in [0.1, 0.15) is 26.2 Å². The quantitative estimate of drug-likeness (QED) is 0.791. The summed E-state index contributed by atoms with van der Waals surface area (Å²) in [7, 11) is -0.755. The Kier molecular flexibility index (Phi) is 6.74. The van der Waals surface area contributed by atoms with E-state index < -0.39 is 10.0 Å². The van der Waals surface area contributed by atoms with Crippen molar-refractivity contribution in [2.75, 3.05) is 33.9 Å². The number of ether oxygens (including phenoxy) is 2. The summed E-state index contributed by atoms with van der Waals surface area (Å²) in [5.74, 6) is 0.757. The van der Waals surface area contributed by atoms with Gasteiger partial charge in [0.05, 0.1) is 19.2 Å². The van der Waals surface area contributed by atoms with Crippen LogP contribution in [0.4, 0.5) is 0 Å². The summed E-state index contributed by atoms with van der Waals surface area (Å²) in [6, 6.07) is 2.92. The molecular weight excluding hydrogens is 352 g/mol. The lowest BCUT2D eigenvalue weighted by molar-refractivity contribution is 0.262. The van der Waals surface area contributed by atoms with Gasteiger partial charge in [-0.1, -0.05) is 18.5 Å². The van der Waals surface area contributed by atoms with Crippen molar-refractivity contribution in [3.05, 3.63) is 17.2 Å². The van der Waals surface area contributed by atoms with Crippen LogP contribution in [0, 0.1) is 0 Å². The van der Waals surface area contributed by atoms with Crippen molar-refractivity contribution in [3.8, 4) is 11.5 Å². The number of hydrogen-bond donors (Lipinski definition) is 1. The molecule has 0 aromatic heterocycles. The Labute approximate surface area is 149 Å². The standard InChI is InChI=1S/C16H25ClN2O4S/c1-4-9-19(12-5-7-18-8-6-12)24(20,21)16-11-15(23-3)14(22-2)10-13(16)17/h10-12,18H,4-9H2,1-3H3. The molecule has 0 spiro atoms. The molecule has 1 N–H and O–H groups in total. The topological polar surface area (TPSA) is 67.9 Å². The molecule has 0 amide bonds. The lowest BCUT2D eigenvalue weighted by atomic mass is 10.1. The van der Waals surface area contributed by atoms with Gasteiger partial charge in [0.1, 0.15) is 4.90 Å². The first kappa shape index (κ1) is 19.3. The van der Waals surface area contributed by atoms with Crippen LogP contribution in [0.3, 0.4) is 0 Å². The zero-order chi connectivity index (χ0) is 17.7. The van der Waals surface area contributed by atoms with Crippen LogP contribution in [-0.4, -0.2) is 52.6 Å². The maximum absolute atomic E-state index is 13.2. The van der Waals surface area contributed by atoms with Crippen molar-refractivity contribution in [2.45, 2.75) is 37.1 Å². The molecule has 0 saturated carbocycles. The molecule has 1 fully saturated rings. The van der Waals surface area contributed by atoms with Crippen LogP contribution in [-0.2, 0) is 10.0 Å². The number of benzene rings is 1. The van der Waals surface area contributed by atoms with Crippen LogP contribution in [0.2, 0.25) is 5.02 Å². The largest absolute Gasteiger partial charge is 0.493 e. The van der Waals surface area contributed by atoms with E-state index in [2.05, 4.69) is 5.32 Å². The summed E-state index contributed by atoms with van der Waals surface area (Å²) >= 11 is 6.25. The fraction of sp³-hybridized carbons (Fsp3) is 0.625. The molecule has 24 heavy (non-hydrogen) atoms. The lowest BCUT2D eigenvalue weighted by Gasteiger charge is -2.33. The predicted molar refractivity (Wildman–Crippen MR) is 94.6 cm³/mol. The Hall–Kier alpha value is -1.02. The highest BCUT2D eigenvalue weighted by Gasteiger charge is 2.33. The van der Waals surface area contributed by atoms with E-state index in [9.17, 15) is 8.42 Å². The normalized spacial score (nSPS) is 16.4. The fourth-order valence-corrected chi connectivity index (χ4v) is 5.26.